The first-order valence-electron chi connectivity index (χ1n) is 6.81. The molecule has 0 bridgehead atoms. The minimum absolute atomic E-state index is 0.0734. The third kappa shape index (κ3) is 4.23. The summed E-state index contributed by atoms with van der Waals surface area (Å²) in [5, 5.41) is 3.45. The van der Waals surface area contributed by atoms with Gasteiger partial charge in [0.15, 0.2) is 0 Å². The zero-order valence-electron chi connectivity index (χ0n) is 12.2. The summed E-state index contributed by atoms with van der Waals surface area (Å²) in [6.45, 7) is 4.30. The number of hydrogen-bond acceptors (Lipinski definition) is 2. The van der Waals surface area contributed by atoms with Crippen molar-refractivity contribution >= 4 is 23.2 Å². The molecule has 0 atom stereocenters. The van der Waals surface area contributed by atoms with Gasteiger partial charge in [-0.15, -0.1) is 0 Å². The Hall–Kier alpha value is -2.00. The normalized spacial score (nSPS) is 10.2. The van der Waals surface area contributed by atoms with Gasteiger partial charge in [0, 0.05) is 5.69 Å². The molecule has 2 aromatic rings. The van der Waals surface area contributed by atoms with E-state index in [0.29, 0.717) is 17.4 Å². The van der Waals surface area contributed by atoms with Crippen molar-refractivity contribution < 1.29 is 9.53 Å². The SMILES string of the molecule is Cc1cccc(NC(=O)CCOc2ccccc2Cl)c1C. The van der Waals surface area contributed by atoms with E-state index < -0.39 is 0 Å². The maximum absolute atomic E-state index is 11.9. The van der Waals surface area contributed by atoms with E-state index >= 15 is 0 Å². The van der Waals surface area contributed by atoms with Crippen molar-refractivity contribution in [1.82, 2.24) is 0 Å². The van der Waals surface area contributed by atoms with Crippen molar-refractivity contribution in [3.63, 3.8) is 0 Å². The molecule has 0 heterocycles. The monoisotopic (exact) mass is 303 g/mol. The fraction of sp³-hybridized carbons (Fsp3) is 0.235. The van der Waals surface area contributed by atoms with Crippen LogP contribution in [0.5, 0.6) is 5.75 Å². The molecule has 0 aliphatic heterocycles. The molecular weight excluding hydrogens is 286 g/mol. The van der Waals surface area contributed by atoms with Crippen molar-refractivity contribution in [3.8, 4) is 5.75 Å². The van der Waals surface area contributed by atoms with E-state index in [1.54, 1.807) is 12.1 Å². The molecule has 110 valence electrons. The number of carbonyl (C=O) groups is 1. The molecule has 0 aromatic heterocycles. The maximum atomic E-state index is 11.9. The Labute approximate surface area is 129 Å². The standard InChI is InChI=1S/C17H18ClNO2/c1-12-6-5-8-15(13(12)2)19-17(20)10-11-21-16-9-4-3-7-14(16)18/h3-9H,10-11H2,1-2H3,(H,19,20). The third-order valence-electron chi connectivity index (χ3n) is 3.30. The number of para-hydroxylation sites is 1. The highest BCUT2D eigenvalue weighted by atomic mass is 35.5. The van der Waals surface area contributed by atoms with Crippen LogP contribution < -0.4 is 10.1 Å². The van der Waals surface area contributed by atoms with Crippen LogP contribution in [0.2, 0.25) is 5.02 Å². The summed E-state index contributed by atoms with van der Waals surface area (Å²) in [7, 11) is 0. The molecule has 0 aliphatic carbocycles. The van der Waals surface area contributed by atoms with Gasteiger partial charge in [0.05, 0.1) is 18.1 Å². The summed E-state index contributed by atoms with van der Waals surface area (Å²) in [5.41, 5.74) is 3.08. The number of ether oxygens (including phenoxy) is 1. The number of halogens is 1. The van der Waals surface area contributed by atoms with Crippen LogP contribution in [0, 0.1) is 13.8 Å². The molecule has 0 saturated heterocycles. The summed E-state index contributed by atoms with van der Waals surface area (Å²) in [5.74, 6) is 0.523. The van der Waals surface area contributed by atoms with Gasteiger partial charge in [-0.2, -0.15) is 0 Å². The van der Waals surface area contributed by atoms with Gasteiger partial charge >= 0.3 is 0 Å². The molecule has 2 rings (SSSR count). The van der Waals surface area contributed by atoms with Gasteiger partial charge in [0.1, 0.15) is 5.75 Å². The maximum Gasteiger partial charge on any atom is 0.227 e. The Bertz CT molecular complexity index is 640. The molecule has 2 aromatic carbocycles. The minimum Gasteiger partial charge on any atom is -0.491 e. The van der Waals surface area contributed by atoms with Gasteiger partial charge in [-0.1, -0.05) is 35.9 Å². The second kappa shape index (κ2) is 7.14. The van der Waals surface area contributed by atoms with E-state index in [-0.39, 0.29) is 12.3 Å². The number of rotatable bonds is 5. The Morgan fingerprint density at radius 1 is 1.14 bits per heavy atom. The lowest BCUT2D eigenvalue weighted by Gasteiger charge is -2.11. The van der Waals surface area contributed by atoms with E-state index in [1.165, 1.54) is 0 Å². The van der Waals surface area contributed by atoms with Crippen LogP contribution >= 0.6 is 11.6 Å². The summed E-state index contributed by atoms with van der Waals surface area (Å²) < 4.78 is 5.51. The number of carbonyl (C=O) groups excluding carboxylic acids is 1. The first-order valence-corrected chi connectivity index (χ1v) is 7.19. The summed E-state index contributed by atoms with van der Waals surface area (Å²) in [4.78, 5) is 11.9. The van der Waals surface area contributed by atoms with Crippen LogP contribution in [0.3, 0.4) is 0 Å². The van der Waals surface area contributed by atoms with Gasteiger partial charge in [-0.25, -0.2) is 0 Å². The molecule has 0 unspecified atom stereocenters. The Kier molecular flexibility index (Phi) is 5.23. The fourth-order valence-corrected chi connectivity index (χ4v) is 2.10. The number of aryl methyl sites for hydroxylation is 1. The lowest BCUT2D eigenvalue weighted by Crippen LogP contribution is -2.16. The van der Waals surface area contributed by atoms with Crippen molar-refractivity contribution in [2.24, 2.45) is 0 Å². The molecule has 3 nitrogen and oxygen atoms in total. The van der Waals surface area contributed by atoms with Crippen LogP contribution in [0.25, 0.3) is 0 Å². The molecule has 1 N–H and O–H groups in total. The Morgan fingerprint density at radius 3 is 2.67 bits per heavy atom. The third-order valence-corrected chi connectivity index (χ3v) is 3.61. The highest BCUT2D eigenvalue weighted by molar-refractivity contribution is 6.32. The molecular formula is C17H18ClNO2. The minimum atomic E-state index is -0.0734. The first-order chi connectivity index (χ1) is 10.1. The highest BCUT2D eigenvalue weighted by Crippen LogP contribution is 2.23. The lowest BCUT2D eigenvalue weighted by molar-refractivity contribution is -0.116. The van der Waals surface area contributed by atoms with Crippen LogP contribution in [0.15, 0.2) is 42.5 Å². The predicted octanol–water partition coefficient (Wildman–Crippen LogP) is 4.36. The van der Waals surface area contributed by atoms with Crippen LogP contribution in [-0.4, -0.2) is 12.5 Å². The van der Waals surface area contributed by atoms with Gasteiger partial charge in [-0.3, -0.25) is 4.79 Å². The number of nitrogens with one attached hydrogen (secondary N) is 1. The van der Waals surface area contributed by atoms with Gasteiger partial charge in [0.2, 0.25) is 5.91 Å². The van der Waals surface area contributed by atoms with Crippen molar-refractivity contribution in [2.75, 3.05) is 11.9 Å². The zero-order valence-corrected chi connectivity index (χ0v) is 12.9. The molecule has 4 heteroatoms. The molecule has 0 saturated carbocycles. The average Bonchev–Trinajstić information content (AvgIpc) is 2.46. The van der Waals surface area contributed by atoms with Gasteiger partial charge < -0.3 is 10.1 Å². The van der Waals surface area contributed by atoms with E-state index in [2.05, 4.69) is 5.32 Å². The fourth-order valence-electron chi connectivity index (χ4n) is 1.91. The topological polar surface area (TPSA) is 38.3 Å². The van der Waals surface area contributed by atoms with Crippen molar-refractivity contribution in [3.05, 3.63) is 58.6 Å². The van der Waals surface area contributed by atoms with Gasteiger partial charge in [0.25, 0.3) is 0 Å². The predicted molar refractivity (Wildman–Crippen MR) is 86.1 cm³/mol. The molecule has 0 aliphatic rings. The molecule has 21 heavy (non-hydrogen) atoms. The van der Waals surface area contributed by atoms with E-state index in [1.807, 2.05) is 44.2 Å². The van der Waals surface area contributed by atoms with E-state index in [0.717, 1.165) is 16.8 Å². The van der Waals surface area contributed by atoms with E-state index in [4.69, 9.17) is 16.3 Å². The highest BCUT2D eigenvalue weighted by Gasteiger charge is 2.07. The van der Waals surface area contributed by atoms with Crippen molar-refractivity contribution in [1.29, 1.82) is 0 Å². The average molecular weight is 304 g/mol. The first kappa shape index (κ1) is 15.4. The van der Waals surface area contributed by atoms with Crippen LogP contribution in [0.1, 0.15) is 17.5 Å². The summed E-state index contributed by atoms with van der Waals surface area (Å²) in [6, 6.07) is 13.1. The Balaban J connectivity index is 1.85. The molecule has 0 fully saturated rings. The summed E-state index contributed by atoms with van der Waals surface area (Å²) >= 11 is 5.98. The van der Waals surface area contributed by atoms with Crippen LogP contribution in [0.4, 0.5) is 5.69 Å². The number of benzene rings is 2. The quantitative estimate of drug-likeness (QED) is 0.891. The molecule has 1 amide bonds. The lowest BCUT2D eigenvalue weighted by atomic mass is 10.1. The zero-order chi connectivity index (χ0) is 15.2. The Morgan fingerprint density at radius 2 is 1.90 bits per heavy atom. The van der Waals surface area contributed by atoms with Gasteiger partial charge in [-0.05, 0) is 43.2 Å². The second-order valence-electron chi connectivity index (χ2n) is 4.82. The van der Waals surface area contributed by atoms with E-state index in [9.17, 15) is 4.79 Å². The van der Waals surface area contributed by atoms with Crippen molar-refractivity contribution in [2.45, 2.75) is 20.3 Å². The number of hydrogen-bond donors (Lipinski definition) is 1. The molecule has 0 radical (unpaired) electrons. The number of amides is 1. The smallest absolute Gasteiger partial charge is 0.227 e. The number of anilines is 1. The summed E-state index contributed by atoms with van der Waals surface area (Å²) in [6.07, 6.45) is 0.276. The van der Waals surface area contributed by atoms with Crippen LogP contribution in [-0.2, 0) is 4.79 Å². The second-order valence-corrected chi connectivity index (χ2v) is 5.23. The molecule has 0 spiro atoms. The largest absolute Gasteiger partial charge is 0.491 e.